The average molecular weight is 284 g/mol. The number of esters is 1. The van der Waals surface area contributed by atoms with Crippen LogP contribution in [0.4, 0.5) is 0 Å². The molecule has 1 heterocycles. The summed E-state index contributed by atoms with van der Waals surface area (Å²) in [6, 6.07) is 8.52. The van der Waals surface area contributed by atoms with Gasteiger partial charge in [0.1, 0.15) is 6.10 Å². The minimum absolute atomic E-state index is 0.165. The molecule has 18 heavy (non-hydrogen) atoms. The maximum atomic E-state index is 11.8. The summed E-state index contributed by atoms with van der Waals surface area (Å²) < 4.78 is 28.1. The third-order valence-electron chi connectivity index (χ3n) is 2.49. The summed E-state index contributed by atoms with van der Waals surface area (Å²) in [4.78, 5) is 12.4. The first-order valence-electron chi connectivity index (χ1n) is 5.26. The molecule has 0 aliphatic carbocycles. The number of hydrogen-bond donors (Lipinski definition) is 0. The van der Waals surface area contributed by atoms with Crippen LogP contribution in [0.1, 0.15) is 10.4 Å². The maximum Gasteiger partial charge on any atom is 0.338 e. The van der Waals surface area contributed by atoms with Gasteiger partial charge in [0, 0.05) is 10.3 Å². The van der Waals surface area contributed by atoms with Gasteiger partial charge in [-0.2, -0.15) is 0 Å². The van der Waals surface area contributed by atoms with Crippen molar-refractivity contribution in [2.45, 2.75) is 6.10 Å². The van der Waals surface area contributed by atoms with Gasteiger partial charge in [0.05, 0.1) is 11.3 Å². The smallest absolute Gasteiger partial charge is 0.338 e. The van der Waals surface area contributed by atoms with Gasteiger partial charge in [0.2, 0.25) is 0 Å². The fourth-order valence-electron chi connectivity index (χ4n) is 1.64. The molecule has 1 aliphatic rings. The molecule has 0 saturated carbocycles. The van der Waals surface area contributed by atoms with E-state index < -0.39 is 21.9 Å². The van der Waals surface area contributed by atoms with Crippen molar-refractivity contribution in [3.63, 3.8) is 0 Å². The van der Waals surface area contributed by atoms with Gasteiger partial charge in [-0.15, -0.1) is 11.8 Å². The van der Waals surface area contributed by atoms with Crippen molar-refractivity contribution >= 4 is 27.6 Å². The molecular formula is C12H12O4S2. The molecule has 4 nitrogen and oxygen atoms in total. The van der Waals surface area contributed by atoms with Gasteiger partial charge >= 0.3 is 5.97 Å². The SMILES string of the molecule is CSC1=CS(=O)(=O)CC1OC(=O)c1ccccc1. The second-order valence-electron chi connectivity index (χ2n) is 3.81. The van der Waals surface area contributed by atoms with Crippen LogP contribution in [0.25, 0.3) is 0 Å². The Morgan fingerprint density at radius 1 is 1.33 bits per heavy atom. The normalized spacial score (nSPS) is 21.4. The number of carbonyl (C=O) groups is 1. The van der Waals surface area contributed by atoms with Crippen molar-refractivity contribution in [2.24, 2.45) is 0 Å². The fraction of sp³-hybridized carbons (Fsp3) is 0.250. The van der Waals surface area contributed by atoms with Crippen LogP contribution >= 0.6 is 11.8 Å². The molecule has 96 valence electrons. The van der Waals surface area contributed by atoms with Crippen LogP contribution in [0.3, 0.4) is 0 Å². The summed E-state index contributed by atoms with van der Waals surface area (Å²) in [7, 11) is -3.24. The molecule has 0 N–H and O–H groups in total. The standard InChI is InChI=1S/C12H12O4S2/c1-17-11-8-18(14,15)7-10(11)16-12(13)9-5-3-2-4-6-9/h2-6,8,10H,7H2,1H3. The molecule has 1 aromatic carbocycles. The summed E-state index contributed by atoms with van der Waals surface area (Å²) in [5, 5.41) is 1.18. The highest BCUT2D eigenvalue weighted by Crippen LogP contribution is 2.28. The molecule has 0 saturated heterocycles. The van der Waals surface area contributed by atoms with Crippen LogP contribution in [0.2, 0.25) is 0 Å². The lowest BCUT2D eigenvalue weighted by Gasteiger charge is -2.13. The molecule has 0 amide bonds. The number of benzene rings is 1. The van der Waals surface area contributed by atoms with E-state index in [1.165, 1.54) is 17.2 Å². The Bertz CT molecular complexity index is 575. The van der Waals surface area contributed by atoms with Gasteiger partial charge in [0.25, 0.3) is 0 Å². The lowest BCUT2D eigenvalue weighted by Crippen LogP contribution is -2.22. The van der Waals surface area contributed by atoms with Gasteiger partial charge in [0.15, 0.2) is 9.84 Å². The van der Waals surface area contributed by atoms with E-state index in [1.807, 2.05) is 0 Å². The van der Waals surface area contributed by atoms with Gasteiger partial charge < -0.3 is 4.74 Å². The van der Waals surface area contributed by atoms with E-state index in [1.54, 1.807) is 36.6 Å². The van der Waals surface area contributed by atoms with E-state index >= 15 is 0 Å². The number of hydrogen-bond acceptors (Lipinski definition) is 5. The Hall–Kier alpha value is -1.27. The molecule has 1 unspecified atom stereocenters. The zero-order valence-corrected chi connectivity index (χ0v) is 11.3. The molecule has 0 spiro atoms. The van der Waals surface area contributed by atoms with Crippen molar-refractivity contribution in [3.8, 4) is 0 Å². The zero-order valence-electron chi connectivity index (χ0n) is 9.70. The van der Waals surface area contributed by atoms with E-state index in [0.29, 0.717) is 10.5 Å². The van der Waals surface area contributed by atoms with Gasteiger partial charge in [-0.1, -0.05) is 18.2 Å². The second-order valence-corrected chi connectivity index (χ2v) is 6.59. The van der Waals surface area contributed by atoms with Crippen molar-refractivity contribution in [2.75, 3.05) is 12.0 Å². The highest BCUT2D eigenvalue weighted by atomic mass is 32.2. The van der Waals surface area contributed by atoms with Crippen LogP contribution in [0.15, 0.2) is 40.6 Å². The molecule has 0 radical (unpaired) electrons. The van der Waals surface area contributed by atoms with Crippen molar-refractivity contribution in [1.29, 1.82) is 0 Å². The summed E-state index contributed by atoms with van der Waals surface area (Å²) in [5.41, 5.74) is 0.419. The molecular weight excluding hydrogens is 272 g/mol. The number of thioether (sulfide) groups is 1. The summed E-state index contributed by atoms with van der Waals surface area (Å²) >= 11 is 1.28. The Balaban J connectivity index is 2.12. The summed E-state index contributed by atoms with van der Waals surface area (Å²) in [6.45, 7) is 0. The third-order valence-corrected chi connectivity index (χ3v) is 4.87. The zero-order chi connectivity index (χ0) is 13.2. The van der Waals surface area contributed by atoms with E-state index in [-0.39, 0.29) is 5.75 Å². The van der Waals surface area contributed by atoms with Crippen LogP contribution in [0, 0.1) is 0 Å². The van der Waals surface area contributed by atoms with Crippen LogP contribution in [-0.4, -0.2) is 32.5 Å². The van der Waals surface area contributed by atoms with Crippen LogP contribution in [-0.2, 0) is 14.6 Å². The lowest BCUT2D eigenvalue weighted by atomic mass is 10.2. The Labute approximate surface area is 110 Å². The quantitative estimate of drug-likeness (QED) is 0.793. The minimum atomic E-state index is -3.24. The molecule has 1 atom stereocenters. The first kappa shape index (κ1) is 13.2. The second kappa shape index (κ2) is 5.16. The van der Waals surface area contributed by atoms with E-state index in [0.717, 1.165) is 0 Å². The van der Waals surface area contributed by atoms with Crippen LogP contribution in [0.5, 0.6) is 0 Å². The first-order valence-corrected chi connectivity index (χ1v) is 8.20. The van der Waals surface area contributed by atoms with Gasteiger partial charge in [-0.25, -0.2) is 13.2 Å². The number of carbonyl (C=O) groups excluding carboxylic acids is 1. The molecule has 6 heteroatoms. The predicted molar refractivity (Wildman–Crippen MR) is 71.0 cm³/mol. The van der Waals surface area contributed by atoms with E-state index in [2.05, 4.69) is 0 Å². The van der Waals surface area contributed by atoms with Gasteiger partial charge in [-0.3, -0.25) is 0 Å². The predicted octanol–water partition coefficient (Wildman–Crippen LogP) is 1.84. The molecule has 0 aromatic heterocycles. The monoisotopic (exact) mass is 284 g/mol. The largest absolute Gasteiger partial charge is 0.452 e. The maximum absolute atomic E-state index is 11.8. The summed E-state index contributed by atoms with van der Waals surface area (Å²) in [5.74, 6) is -0.667. The van der Waals surface area contributed by atoms with Crippen LogP contribution < -0.4 is 0 Å². The topological polar surface area (TPSA) is 60.4 Å². The number of ether oxygens (including phenoxy) is 1. The number of sulfone groups is 1. The average Bonchev–Trinajstić information content (AvgIpc) is 2.65. The Kier molecular flexibility index (Phi) is 3.77. The third kappa shape index (κ3) is 2.94. The van der Waals surface area contributed by atoms with Crippen molar-refractivity contribution < 1.29 is 17.9 Å². The molecule has 1 aromatic rings. The summed E-state index contributed by atoms with van der Waals surface area (Å²) in [6.07, 6.45) is 1.08. The molecule has 0 bridgehead atoms. The van der Waals surface area contributed by atoms with Crippen molar-refractivity contribution in [1.82, 2.24) is 0 Å². The van der Waals surface area contributed by atoms with E-state index in [4.69, 9.17) is 4.74 Å². The van der Waals surface area contributed by atoms with Crippen molar-refractivity contribution in [3.05, 3.63) is 46.2 Å². The van der Waals surface area contributed by atoms with E-state index in [9.17, 15) is 13.2 Å². The van der Waals surface area contributed by atoms with Gasteiger partial charge in [-0.05, 0) is 18.4 Å². The number of rotatable bonds is 3. The lowest BCUT2D eigenvalue weighted by molar-refractivity contribution is 0.0428. The minimum Gasteiger partial charge on any atom is -0.452 e. The highest BCUT2D eigenvalue weighted by Gasteiger charge is 2.32. The first-order chi connectivity index (χ1) is 8.52. The molecule has 1 aliphatic heterocycles. The highest BCUT2D eigenvalue weighted by molar-refractivity contribution is 8.04. The molecule has 0 fully saturated rings. The Morgan fingerprint density at radius 3 is 2.61 bits per heavy atom. The molecule has 2 rings (SSSR count). The fourth-order valence-corrected chi connectivity index (χ4v) is 4.23. The Morgan fingerprint density at radius 2 is 2.00 bits per heavy atom.